The third-order valence-corrected chi connectivity index (χ3v) is 6.22. The van der Waals surface area contributed by atoms with E-state index >= 15 is 0 Å². The van der Waals surface area contributed by atoms with Crippen LogP contribution < -0.4 is 5.73 Å². The molecule has 2 N–H and O–H groups in total. The van der Waals surface area contributed by atoms with Gasteiger partial charge in [-0.1, -0.05) is 69.4 Å². The van der Waals surface area contributed by atoms with E-state index in [2.05, 4.69) is 37.3 Å². The van der Waals surface area contributed by atoms with E-state index in [1.165, 1.54) is 63.4 Å². The van der Waals surface area contributed by atoms with Crippen LogP contribution in [0.4, 0.5) is 0 Å². The molecular formula is C20H31N. The summed E-state index contributed by atoms with van der Waals surface area (Å²) < 4.78 is 0. The van der Waals surface area contributed by atoms with E-state index < -0.39 is 0 Å². The molecule has 1 heteroatoms. The molecule has 1 nitrogen and oxygen atoms in total. The van der Waals surface area contributed by atoms with Gasteiger partial charge in [0.2, 0.25) is 0 Å². The van der Waals surface area contributed by atoms with Crippen LogP contribution in [0.2, 0.25) is 0 Å². The number of hydrogen-bond donors (Lipinski definition) is 1. The summed E-state index contributed by atoms with van der Waals surface area (Å²) in [6.45, 7) is 2.41. The van der Waals surface area contributed by atoms with E-state index in [9.17, 15) is 0 Å². The Morgan fingerprint density at radius 1 is 1.00 bits per heavy atom. The Balaban J connectivity index is 1.88. The van der Waals surface area contributed by atoms with Gasteiger partial charge in [-0.3, -0.25) is 0 Å². The second kappa shape index (κ2) is 6.52. The minimum absolute atomic E-state index is 0.251. The van der Waals surface area contributed by atoms with E-state index in [0.717, 1.165) is 11.8 Å². The fourth-order valence-corrected chi connectivity index (χ4v) is 5.03. The lowest BCUT2D eigenvalue weighted by molar-refractivity contribution is 0.147. The Morgan fingerprint density at radius 2 is 1.71 bits per heavy atom. The Hall–Kier alpha value is -0.820. The SMILES string of the molecule is CC1CCCC(C(N)C2(c3ccccc3)CCCCC2)C1. The van der Waals surface area contributed by atoms with E-state index in [1.807, 2.05) is 0 Å². The molecule has 0 spiro atoms. The lowest BCUT2D eigenvalue weighted by Gasteiger charge is -2.47. The van der Waals surface area contributed by atoms with Gasteiger partial charge in [-0.15, -0.1) is 0 Å². The highest BCUT2D eigenvalue weighted by molar-refractivity contribution is 5.29. The van der Waals surface area contributed by atoms with Crippen LogP contribution in [0.25, 0.3) is 0 Å². The predicted molar refractivity (Wildman–Crippen MR) is 90.3 cm³/mol. The van der Waals surface area contributed by atoms with Crippen LogP contribution in [-0.2, 0) is 5.41 Å². The largest absolute Gasteiger partial charge is 0.327 e. The first-order valence-electron chi connectivity index (χ1n) is 9.03. The van der Waals surface area contributed by atoms with Crippen LogP contribution in [-0.4, -0.2) is 6.04 Å². The highest BCUT2D eigenvalue weighted by Crippen LogP contribution is 2.46. The van der Waals surface area contributed by atoms with Crippen LogP contribution in [0.15, 0.2) is 30.3 Å². The molecule has 1 aromatic rings. The molecule has 0 radical (unpaired) electrons. The predicted octanol–water partition coefficient (Wildman–Crippen LogP) is 5.04. The number of benzene rings is 1. The van der Waals surface area contributed by atoms with Crippen molar-refractivity contribution in [3.63, 3.8) is 0 Å². The van der Waals surface area contributed by atoms with Crippen molar-refractivity contribution in [2.45, 2.75) is 76.2 Å². The maximum atomic E-state index is 6.95. The standard InChI is InChI=1S/C20H31N/c1-16-9-8-10-17(15-16)19(21)20(13-6-3-7-14-20)18-11-4-2-5-12-18/h2,4-5,11-12,16-17,19H,3,6-10,13-15,21H2,1H3. The van der Waals surface area contributed by atoms with Gasteiger partial charge in [0.05, 0.1) is 0 Å². The van der Waals surface area contributed by atoms with E-state index in [1.54, 1.807) is 0 Å². The highest BCUT2D eigenvalue weighted by atomic mass is 14.7. The first kappa shape index (κ1) is 15.1. The summed E-state index contributed by atoms with van der Waals surface area (Å²) in [4.78, 5) is 0. The molecule has 116 valence electrons. The average Bonchev–Trinajstić information content (AvgIpc) is 2.55. The van der Waals surface area contributed by atoms with Crippen LogP contribution >= 0.6 is 0 Å². The van der Waals surface area contributed by atoms with Crippen molar-refractivity contribution in [1.82, 2.24) is 0 Å². The van der Waals surface area contributed by atoms with Gasteiger partial charge in [-0.05, 0) is 43.1 Å². The molecule has 0 aliphatic heterocycles. The number of nitrogens with two attached hydrogens (primary N) is 1. The van der Waals surface area contributed by atoms with E-state index in [0.29, 0.717) is 6.04 Å². The highest BCUT2D eigenvalue weighted by Gasteiger charge is 2.43. The molecule has 0 bridgehead atoms. The molecule has 0 heterocycles. The molecule has 3 unspecified atom stereocenters. The molecule has 0 amide bonds. The van der Waals surface area contributed by atoms with Gasteiger partial charge >= 0.3 is 0 Å². The fraction of sp³-hybridized carbons (Fsp3) is 0.700. The van der Waals surface area contributed by atoms with Gasteiger partial charge in [0, 0.05) is 11.5 Å². The first-order chi connectivity index (χ1) is 10.2. The van der Waals surface area contributed by atoms with E-state index in [4.69, 9.17) is 5.73 Å². The zero-order valence-corrected chi connectivity index (χ0v) is 13.6. The number of rotatable bonds is 3. The Bertz CT molecular complexity index is 432. The number of hydrogen-bond acceptors (Lipinski definition) is 1. The van der Waals surface area contributed by atoms with Crippen molar-refractivity contribution < 1.29 is 0 Å². The molecule has 2 saturated carbocycles. The summed E-state index contributed by atoms with van der Waals surface area (Å²) in [6.07, 6.45) is 12.2. The quantitative estimate of drug-likeness (QED) is 0.827. The summed E-state index contributed by atoms with van der Waals surface area (Å²) >= 11 is 0. The molecule has 2 aliphatic carbocycles. The van der Waals surface area contributed by atoms with Crippen molar-refractivity contribution in [2.75, 3.05) is 0 Å². The van der Waals surface area contributed by atoms with Crippen LogP contribution in [0.3, 0.4) is 0 Å². The Morgan fingerprint density at radius 3 is 2.38 bits per heavy atom. The van der Waals surface area contributed by atoms with Gasteiger partial charge < -0.3 is 5.73 Å². The molecule has 0 aromatic heterocycles. The molecular weight excluding hydrogens is 254 g/mol. The smallest absolute Gasteiger partial charge is 0.0165 e. The molecule has 0 saturated heterocycles. The molecule has 1 aromatic carbocycles. The Kier molecular flexibility index (Phi) is 4.69. The normalized spacial score (nSPS) is 30.8. The third-order valence-electron chi connectivity index (χ3n) is 6.22. The molecule has 21 heavy (non-hydrogen) atoms. The molecule has 2 fully saturated rings. The maximum absolute atomic E-state index is 6.95. The van der Waals surface area contributed by atoms with E-state index in [-0.39, 0.29) is 5.41 Å². The minimum atomic E-state index is 0.251. The average molecular weight is 285 g/mol. The second-order valence-electron chi connectivity index (χ2n) is 7.64. The van der Waals surface area contributed by atoms with Crippen molar-refractivity contribution in [2.24, 2.45) is 17.6 Å². The summed E-state index contributed by atoms with van der Waals surface area (Å²) in [5.74, 6) is 1.60. The molecule has 3 rings (SSSR count). The lowest BCUT2D eigenvalue weighted by atomic mass is 9.60. The van der Waals surface area contributed by atoms with Crippen molar-refractivity contribution >= 4 is 0 Å². The van der Waals surface area contributed by atoms with Gasteiger partial charge in [-0.2, -0.15) is 0 Å². The van der Waals surface area contributed by atoms with Gasteiger partial charge in [0.15, 0.2) is 0 Å². The van der Waals surface area contributed by atoms with Gasteiger partial charge in [0.25, 0.3) is 0 Å². The van der Waals surface area contributed by atoms with Gasteiger partial charge in [-0.25, -0.2) is 0 Å². The zero-order valence-electron chi connectivity index (χ0n) is 13.6. The summed E-state index contributed by atoms with van der Waals surface area (Å²) in [7, 11) is 0. The van der Waals surface area contributed by atoms with Crippen molar-refractivity contribution in [3.05, 3.63) is 35.9 Å². The topological polar surface area (TPSA) is 26.0 Å². The lowest BCUT2D eigenvalue weighted by Crippen LogP contribution is -2.52. The minimum Gasteiger partial charge on any atom is -0.327 e. The molecule has 2 aliphatic rings. The van der Waals surface area contributed by atoms with Crippen molar-refractivity contribution in [1.29, 1.82) is 0 Å². The second-order valence-corrected chi connectivity index (χ2v) is 7.64. The summed E-state index contributed by atoms with van der Waals surface area (Å²) in [6, 6.07) is 11.5. The fourth-order valence-electron chi connectivity index (χ4n) is 5.03. The molecule has 3 atom stereocenters. The maximum Gasteiger partial charge on any atom is 0.0165 e. The van der Waals surface area contributed by atoms with Crippen LogP contribution in [0.5, 0.6) is 0 Å². The monoisotopic (exact) mass is 285 g/mol. The van der Waals surface area contributed by atoms with Crippen LogP contribution in [0.1, 0.15) is 70.3 Å². The Labute approximate surface area is 130 Å². The summed E-state index contributed by atoms with van der Waals surface area (Å²) in [5.41, 5.74) is 8.71. The first-order valence-corrected chi connectivity index (χ1v) is 9.03. The third kappa shape index (κ3) is 3.04. The summed E-state index contributed by atoms with van der Waals surface area (Å²) in [5, 5.41) is 0. The van der Waals surface area contributed by atoms with Crippen molar-refractivity contribution in [3.8, 4) is 0 Å². The zero-order chi connectivity index (χ0) is 14.7. The van der Waals surface area contributed by atoms with Crippen LogP contribution in [0, 0.1) is 11.8 Å². The van der Waals surface area contributed by atoms with Gasteiger partial charge in [0.1, 0.15) is 0 Å².